The largest absolute Gasteiger partial charge is 0.378 e. The summed E-state index contributed by atoms with van der Waals surface area (Å²) in [6.45, 7) is 3.84. The van der Waals surface area contributed by atoms with Crippen LogP contribution in [0.5, 0.6) is 5.75 Å². The predicted molar refractivity (Wildman–Crippen MR) is 95.4 cm³/mol. The number of hydrogen-bond donors (Lipinski definition) is 1. The summed E-state index contributed by atoms with van der Waals surface area (Å²) in [5, 5.41) is 3.26. The Labute approximate surface area is 150 Å². The van der Waals surface area contributed by atoms with Crippen LogP contribution < -0.4 is 9.50 Å². The van der Waals surface area contributed by atoms with Crippen LogP contribution in [0.25, 0.3) is 0 Å². The third-order valence-electron chi connectivity index (χ3n) is 3.23. The van der Waals surface area contributed by atoms with Gasteiger partial charge in [0.1, 0.15) is 5.75 Å². The summed E-state index contributed by atoms with van der Waals surface area (Å²) >= 11 is 7.16. The molecule has 1 N–H and O–H groups in total. The summed E-state index contributed by atoms with van der Waals surface area (Å²) in [4.78, 5) is 11.7. The third kappa shape index (κ3) is 4.96. The molecule has 0 spiro atoms. The highest BCUT2D eigenvalue weighted by Gasteiger charge is 2.20. The number of thiophene rings is 1. The van der Waals surface area contributed by atoms with Crippen molar-refractivity contribution in [3.8, 4) is 5.75 Å². The second-order valence-electron chi connectivity index (χ2n) is 5.10. The van der Waals surface area contributed by atoms with Crippen LogP contribution in [0.15, 0.2) is 34.5 Å². The van der Waals surface area contributed by atoms with Gasteiger partial charge in [0.2, 0.25) is 5.91 Å². The van der Waals surface area contributed by atoms with E-state index in [1.807, 2.05) is 6.92 Å². The molecule has 0 bridgehead atoms. The van der Waals surface area contributed by atoms with Crippen molar-refractivity contribution in [3.63, 3.8) is 0 Å². The minimum Gasteiger partial charge on any atom is -0.378 e. The summed E-state index contributed by atoms with van der Waals surface area (Å²) in [7, 11) is -3.88. The van der Waals surface area contributed by atoms with Crippen molar-refractivity contribution in [2.24, 2.45) is 0 Å². The van der Waals surface area contributed by atoms with Gasteiger partial charge in [0, 0.05) is 23.4 Å². The van der Waals surface area contributed by atoms with Crippen LogP contribution in [0.4, 0.5) is 0 Å². The van der Waals surface area contributed by atoms with Crippen LogP contribution in [-0.2, 0) is 27.8 Å². The van der Waals surface area contributed by atoms with E-state index in [-0.39, 0.29) is 15.9 Å². The molecule has 0 unspecified atom stereocenters. The average Bonchev–Trinajstić information content (AvgIpc) is 2.98. The highest BCUT2D eigenvalue weighted by molar-refractivity contribution is 7.89. The first kappa shape index (κ1) is 18.8. The van der Waals surface area contributed by atoms with Crippen molar-refractivity contribution >= 4 is 39.0 Å². The van der Waals surface area contributed by atoms with Gasteiger partial charge in [-0.15, -0.1) is 11.3 Å². The predicted octanol–water partition coefficient (Wildman–Crippen LogP) is 3.41. The van der Waals surface area contributed by atoms with Gasteiger partial charge in [0.05, 0.1) is 0 Å². The SMILES string of the molecule is CCc1cc(OS(=O)(=O)c2ccc(CCNC(C)=O)s2)ccc1Cl. The molecule has 2 aromatic rings. The van der Waals surface area contributed by atoms with Gasteiger partial charge >= 0.3 is 10.1 Å². The fourth-order valence-corrected chi connectivity index (χ4v) is 4.52. The Balaban J connectivity index is 2.10. The molecule has 1 heterocycles. The Bertz CT molecular complexity index is 830. The maximum absolute atomic E-state index is 12.4. The van der Waals surface area contributed by atoms with Gasteiger partial charge in [0.25, 0.3) is 0 Å². The first-order chi connectivity index (χ1) is 11.3. The highest BCUT2D eigenvalue weighted by atomic mass is 35.5. The standard InChI is InChI=1S/C16H18ClNO4S2/c1-3-12-10-13(4-6-15(12)17)22-24(20,21)16-7-5-14(23-16)8-9-18-11(2)19/h4-7,10H,3,8-9H2,1-2H3,(H,18,19). The molecule has 8 heteroatoms. The van der Waals surface area contributed by atoms with E-state index in [1.54, 1.807) is 18.2 Å². The van der Waals surface area contributed by atoms with Crippen molar-refractivity contribution in [3.05, 3.63) is 45.8 Å². The van der Waals surface area contributed by atoms with Crippen molar-refractivity contribution in [1.29, 1.82) is 0 Å². The Kier molecular flexibility index (Phi) is 6.26. The summed E-state index contributed by atoms with van der Waals surface area (Å²) in [5.74, 6) is 0.127. The third-order valence-corrected chi connectivity index (χ3v) is 6.44. The molecule has 1 aromatic carbocycles. The fourth-order valence-electron chi connectivity index (χ4n) is 2.03. The highest BCUT2D eigenvalue weighted by Crippen LogP contribution is 2.28. The number of nitrogens with one attached hydrogen (secondary N) is 1. The minimum absolute atomic E-state index is 0.114. The zero-order valence-electron chi connectivity index (χ0n) is 13.3. The van der Waals surface area contributed by atoms with Crippen molar-refractivity contribution in [2.45, 2.75) is 30.9 Å². The first-order valence-corrected chi connectivity index (χ1v) is 9.98. The number of hydrogen-bond acceptors (Lipinski definition) is 5. The van der Waals surface area contributed by atoms with E-state index in [9.17, 15) is 13.2 Å². The summed E-state index contributed by atoms with van der Waals surface area (Å²) in [6, 6.07) is 8.02. The number of carbonyl (C=O) groups is 1. The molecule has 0 fully saturated rings. The Morgan fingerprint density at radius 2 is 2.04 bits per heavy atom. The molecule has 0 atom stereocenters. The quantitative estimate of drug-likeness (QED) is 0.739. The Morgan fingerprint density at radius 1 is 1.29 bits per heavy atom. The van der Waals surface area contributed by atoms with Crippen LogP contribution in [0.2, 0.25) is 5.02 Å². The van der Waals surface area contributed by atoms with E-state index in [0.717, 1.165) is 21.8 Å². The molecule has 0 saturated carbocycles. The smallest absolute Gasteiger partial charge is 0.348 e. The molecule has 1 amide bonds. The zero-order valence-corrected chi connectivity index (χ0v) is 15.7. The molecule has 130 valence electrons. The Hall–Kier alpha value is -1.57. The first-order valence-electron chi connectivity index (χ1n) is 7.38. The lowest BCUT2D eigenvalue weighted by Gasteiger charge is -2.07. The van der Waals surface area contributed by atoms with Gasteiger partial charge in [-0.2, -0.15) is 8.42 Å². The maximum Gasteiger partial charge on any atom is 0.348 e. The van der Waals surface area contributed by atoms with Gasteiger partial charge in [-0.3, -0.25) is 4.79 Å². The lowest BCUT2D eigenvalue weighted by molar-refractivity contribution is -0.118. The molecular weight excluding hydrogens is 370 g/mol. The van der Waals surface area contributed by atoms with Crippen LogP contribution in [0.1, 0.15) is 24.3 Å². The summed E-state index contributed by atoms with van der Waals surface area (Å²) in [6.07, 6.45) is 1.25. The maximum atomic E-state index is 12.4. The molecule has 0 radical (unpaired) electrons. The zero-order chi connectivity index (χ0) is 17.7. The summed E-state index contributed by atoms with van der Waals surface area (Å²) in [5.41, 5.74) is 0.826. The molecule has 5 nitrogen and oxygen atoms in total. The van der Waals surface area contributed by atoms with E-state index < -0.39 is 10.1 Å². The lowest BCUT2D eigenvalue weighted by atomic mass is 10.2. The molecule has 2 rings (SSSR count). The number of aryl methyl sites for hydroxylation is 1. The second-order valence-corrected chi connectivity index (χ2v) is 8.45. The van der Waals surface area contributed by atoms with E-state index in [2.05, 4.69) is 5.32 Å². The molecule has 0 aliphatic heterocycles. The van der Waals surface area contributed by atoms with Gasteiger partial charge in [-0.05, 0) is 48.7 Å². The number of amides is 1. The monoisotopic (exact) mass is 387 g/mol. The van der Waals surface area contributed by atoms with E-state index >= 15 is 0 Å². The van der Waals surface area contributed by atoms with Gasteiger partial charge in [0.15, 0.2) is 4.21 Å². The van der Waals surface area contributed by atoms with Crippen LogP contribution in [0.3, 0.4) is 0 Å². The molecule has 0 aliphatic carbocycles. The van der Waals surface area contributed by atoms with Gasteiger partial charge < -0.3 is 9.50 Å². The molecular formula is C16H18ClNO4S2. The van der Waals surface area contributed by atoms with Gasteiger partial charge in [-0.1, -0.05) is 18.5 Å². The van der Waals surface area contributed by atoms with Crippen molar-refractivity contribution in [2.75, 3.05) is 6.54 Å². The lowest BCUT2D eigenvalue weighted by Crippen LogP contribution is -2.22. The number of rotatable bonds is 7. The summed E-state index contributed by atoms with van der Waals surface area (Å²) < 4.78 is 30.1. The molecule has 0 aliphatic rings. The van der Waals surface area contributed by atoms with Crippen molar-refractivity contribution in [1.82, 2.24) is 5.32 Å². The van der Waals surface area contributed by atoms with Crippen LogP contribution in [-0.4, -0.2) is 20.9 Å². The topological polar surface area (TPSA) is 72.5 Å². The minimum atomic E-state index is -3.88. The van der Waals surface area contributed by atoms with E-state index in [4.69, 9.17) is 15.8 Å². The van der Waals surface area contributed by atoms with E-state index in [0.29, 0.717) is 24.4 Å². The fraction of sp³-hybridized carbons (Fsp3) is 0.312. The number of carbonyl (C=O) groups excluding carboxylic acids is 1. The van der Waals surface area contributed by atoms with Gasteiger partial charge in [-0.25, -0.2) is 0 Å². The Morgan fingerprint density at radius 3 is 2.71 bits per heavy atom. The van der Waals surface area contributed by atoms with Crippen LogP contribution >= 0.6 is 22.9 Å². The molecule has 0 saturated heterocycles. The second kappa shape index (κ2) is 8.00. The number of halogens is 1. The van der Waals surface area contributed by atoms with Crippen LogP contribution in [0, 0.1) is 0 Å². The molecule has 24 heavy (non-hydrogen) atoms. The average molecular weight is 388 g/mol. The van der Waals surface area contributed by atoms with E-state index in [1.165, 1.54) is 19.1 Å². The van der Waals surface area contributed by atoms with Crippen molar-refractivity contribution < 1.29 is 17.4 Å². The normalized spacial score (nSPS) is 11.3. The number of benzene rings is 1. The molecule has 1 aromatic heterocycles.